The fourth-order valence-electron chi connectivity index (χ4n) is 9.71. The number of aliphatic hydroxyl groups excluding tert-OH is 2. The van der Waals surface area contributed by atoms with Crippen molar-refractivity contribution >= 4 is 16.1 Å². The molecule has 0 spiro atoms. The molecule has 11 atom stereocenters. The molecule has 4 aliphatic carbocycles. The number of rotatable bonds is 8. The zero-order valence-corrected chi connectivity index (χ0v) is 26.7. The number of benzene rings is 1. The van der Waals surface area contributed by atoms with Gasteiger partial charge in [0.15, 0.2) is 0 Å². The number of fused-ring (bicyclic) bond motifs is 5. The topological polar surface area (TPSA) is 122 Å². The first-order valence-electron chi connectivity index (χ1n) is 16.1. The van der Waals surface area contributed by atoms with Crippen LogP contribution < -0.4 is 9.46 Å². The number of nitrogens with one attached hydrogen (secondary N) is 1. The fourth-order valence-corrected chi connectivity index (χ4v) is 10.6. The molecule has 42 heavy (non-hydrogen) atoms. The molecule has 4 saturated carbocycles. The van der Waals surface area contributed by atoms with Crippen LogP contribution in [0, 0.1) is 46.3 Å². The van der Waals surface area contributed by atoms with E-state index in [0.717, 1.165) is 57.8 Å². The van der Waals surface area contributed by atoms with E-state index in [1.165, 1.54) is 12.1 Å². The predicted molar refractivity (Wildman–Crippen MR) is 160 cm³/mol. The van der Waals surface area contributed by atoms with Gasteiger partial charge in [0.05, 0.1) is 29.8 Å². The lowest BCUT2D eigenvalue weighted by molar-refractivity contribution is -0.174. The van der Waals surface area contributed by atoms with E-state index in [1.807, 2.05) is 13.8 Å². The first-order valence-corrected chi connectivity index (χ1v) is 17.6. The summed E-state index contributed by atoms with van der Waals surface area (Å²) >= 11 is 0. The Hall–Kier alpha value is -1.84. The monoisotopic (exact) mass is 605 g/mol. The Kier molecular flexibility index (Phi) is 8.96. The lowest BCUT2D eigenvalue weighted by atomic mass is 9.43. The summed E-state index contributed by atoms with van der Waals surface area (Å²) in [5.74, 6) is 2.53. The van der Waals surface area contributed by atoms with Crippen LogP contribution in [0.15, 0.2) is 29.2 Å². The molecule has 4 aliphatic rings. The summed E-state index contributed by atoms with van der Waals surface area (Å²) in [7, 11) is -4.07. The second kappa shape index (κ2) is 11.9. The SMILES string of the molecule is CC[C@@H](C)Oc1ccc(S(=O)(=O)NC(=O)OC[C@@H](C)[C@H]2CC[C@H]3[C@@H]4[C@H](O)C[C@@H]5C[C@H](O)CC[C@]5(C)[C@H]4CC[C@]23C)cc1. The highest BCUT2D eigenvalue weighted by Crippen LogP contribution is 2.68. The molecule has 5 rings (SSSR count). The third-order valence-corrected chi connectivity index (χ3v) is 13.5. The van der Waals surface area contributed by atoms with Gasteiger partial charge < -0.3 is 19.7 Å². The average Bonchev–Trinajstić information content (AvgIpc) is 3.30. The molecule has 0 bridgehead atoms. The molecule has 1 aromatic carbocycles. The molecular formula is C33H51NO7S. The van der Waals surface area contributed by atoms with Gasteiger partial charge in [0.2, 0.25) is 0 Å². The van der Waals surface area contributed by atoms with Crippen molar-refractivity contribution in [2.45, 2.75) is 116 Å². The van der Waals surface area contributed by atoms with Gasteiger partial charge in [-0.1, -0.05) is 27.7 Å². The first kappa shape index (κ1) is 31.6. The Morgan fingerprint density at radius 2 is 1.67 bits per heavy atom. The fraction of sp³-hybridized carbons (Fsp3) is 0.788. The number of hydrogen-bond donors (Lipinski definition) is 3. The standard InChI is InChI=1S/C33H51NO7S/c1-6-21(3)41-24-7-9-25(10-8-24)42(38,39)34-31(37)40-19-20(2)26-11-12-27-30-28(14-16-33(26,27)5)32(4)15-13-23(35)17-22(32)18-29(30)36/h7-10,20-23,26-30,35-36H,6,11-19H2,1-5H3,(H,34,37)/t20-,21-,22+,23-,26-,27+,28+,29-,30+,32+,33-/m1/s1. The van der Waals surface area contributed by atoms with Gasteiger partial charge in [0.1, 0.15) is 5.75 Å². The molecule has 1 amide bonds. The van der Waals surface area contributed by atoms with Crippen LogP contribution in [0.4, 0.5) is 4.79 Å². The smallest absolute Gasteiger partial charge is 0.421 e. The molecule has 236 valence electrons. The van der Waals surface area contributed by atoms with Crippen LogP contribution in [0.2, 0.25) is 0 Å². The lowest BCUT2D eigenvalue weighted by Gasteiger charge is -2.62. The highest BCUT2D eigenvalue weighted by atomic mass is 32.2. The van der Waals surface area contributed by atoms with Crippen molar-refractivity contribution in [1.29, 1.82) is 0 Å². The maximum Gasteiger partial charge on any atom is 0.421 e. The van der Waals surface area contributed by atoms with Gasteiger partial charge in [-0.05, 0) is 135 Å². The summed E-state index contributed by atoms with van der Waals surface area (Å²) in [6.07, 6.45) is 7.06. The van der Waals surface area contributed by atoms with Gasteiger partial charge in [-0.3, -0.25) is 0 Å². The van der Waals surface area contributed by atoms with E-state index < -0.39 is 16.1 Å². The van der Waals surface area contributed by atoms with E-state index in [1.54, 1.807) is 12.1 Å². The van der Waals surface area contributed by atoms with Gasteiger partial charge in [-0.2, -0.15) is 0 Å². The molecular weight excluding hydrogens is 554 g/mol. The van der Waals surface area contributed by atoms with Crippen LogP contribution in [-0.4, -0.2) is 49.6 Å². The minimum Gasteiger partial charge on any atom is -0.491 e. The Labute approximate surface area is 252 Å². The number of amides is 1. The third kappa shape index (κ3) is 5.82. The van der Waals surface area contributed by atoms with Gasteiger partial charge in [-0.25, -0.2) is 17.9 Å². The molecule has 0 saturated heterocycles. The molecule has 0 unspecified atom stereocenters. The van der Waals surface area contributed by atoms with E-state index >= 15 is 0 Å². The zero-order valence-electron chi connectivity index (χ0n) is 25.9. The Bertz CT molecular complexity index is 1220. The summed E-state index contributed by atoms with van der Waals surface area (Å²) < 4.78 is 38.8. The van der Waals surface area contributed by atoms with Crippen LogP contribution in [0.5, 0.6) is 5.75 Å². The summed E-state index contributed by atoms with van der Waals surface area (Å²) in [5.41, 5.74) is 0.228. The molecule has 3 N–H and O–H groups in total. The number of carbonyl (C=O) groups is 1. The normalized spacial score (nSPS) is 39.3. The average molecular weight is 606 g/mol. The van der Waals surface area contributed by atoms with Gasteiger partial charge >= 0.3 is 6.09 Å². The van der Waals surface area contributed by atoms with Crippen molar-refractivity contribution in [3.05, 3.63) is 24.3 Å². The number of hydrogen-bond acceptors (Lipinski definition) is 7. The Morgan fingerprint density at radius 3 is 2.36 bits per heavy atom. The van der Waals surface area contributed by atoms with Gasteiger partial charge in [0, 0.05) is 0 Å². The Balaban J connectivity index is 1.18. The minimum absolute atomic E-state index is 0.0188. The van der Waals surface area contributed by atoms with Crippen molar-refractivity contribution < 1.29 is 32.9 Å². The largest absolute Gasteiger partial charge is 0.491 e. The second-order valence-electron chi connectivity index (χ2n) is 14.4. The van der Waals surface area contributed by atoms with Crippen molar-refractivity contribution in [1.82, 2.24) is 4.72 Å². The number of aliphatic hydroxyl groups is 2. The highest BCUT2D eigenvalue weighted by Gasteiger charge is 2.62. The van der Waals surface area contributed by atoms with E-state index in [2.05, 4.69) is 25.5 Å². The molecule has 0 radical (unpaired) electrons. The van der Waals surface area contributed by atoms with Crippen LogP contribution in [0.3, 0.4) is 0 Å². The van der Waals surface area contributed by atoms with Crippen LogP contribution >= 0.6 is 0 Å². The summed E-state index contributed by atoms with van der Waals surface area (Å²) in [6.45, 7) is 11.0. The number of sulfonamides is 1. The minimum atomic E-state index is -4.07. The quantitative estimate of drug-likeness (QED) is 0.337. The third-order valence-electron chi connectivity index (χ3n) is 12.2. The van der Waals surface area contributed by atoms with Crippen LogP contribution in [0.1, 0.15) is 92.4 Å². The van der Waals surface area contributed by atoms with E-state index in [0.29, 0.717) is 29.4 Å². The van der Waals surface area contributed by atoms with Crippen LogP contribution in [-0.2, 0) is 14.8 Å². The molecule has 1 aromatic rings. The highest BCUT2D eigenvalue weighted by molar-refractivity contribution is 7.90. The van der Waals surface area contributed by atoms with E-state index in [-0.39, 0.29) is 52.5 Å². The first-order chi connectivity index (χ1) is 19.8. The summed E-state index contributed by atoms with van der Waals surface area (Å²) in [4.78, 5) is 12.6. The van der Waals surface area contributed by atoms with Crippen LogP contribution in [0.25, 0.3) is 0 Å². The molecule has 0 heterocycles. The molecule has 9 heteroatoms. The van der Waals surface area contributed by atoms with Crippen molar-refractivity contribution in [3.63, 3.8) is 0 Å². The lowest BCUT2D eigenvalue weighted by Crippen LogP contribution is -2.58. The van der Waals surface area contributed by atoms with E-state index in [4.69, 9.17) is 9.47 Å². The zero-order chi connectivity index (χ0) is 30.4. The van der Waals surface area contributed by atoms with Gasteiger partial charge in [0.25, 0.3) is 10.0 Å². The summed E-state index contributed by atoms with van der Waals surface area (Å²) in [5, 5.41) is 21.8. The molecule has 8 nitrogen and oxygen atoms in total. The second-order valence-corrected chi connectivity index (χ2v) is 16.1. The predicted octanol–water partition coefficient (Wildman–Crippen LogP) is 5.91. The number of ether oxygens (including phenoxy) is 2. The van der Waals surface area contributed by atoms with E-state index in [9.17, 15) is 23.4 Å². The maximum absolute atomic E-state index is 12.8. The number of carbonyl (C=O) groups excluding carboxylic acids is 1. The van der Waals surface area contributed by atoms with Crippen molar-refractivity contribution in [2.75, 3.05) is 6.61 Å². The molecule has 0 aliphatic heterocycles. The molecule has 0 aromatic heterocycles. The van der Waals surface area contributed by atoms with Gasteiger partial charge in [-0.15, -0.1) is 0 Å². The summed E-state index contributed by atoms with van der Waals surface area (Å²) in [6, 6.07) is 6.01. The maximum atomic E-state index is 12.8. The van der Waals surface area contributed by atoms with Crippen molar-refractivity contribution in [2.24, 2.45) is 46.3 Å². The Morgan fingerprint density at radius 1 is 1.00 bits per heavy atom. The van der Waals surface area contributed by atoms with Crippen molar-refractivity contribution in [3.8, 4) is 5.75 Å². The molecule has 4 fully saturated rings.